The second-order valence-electron chi connectivity index (χ2n) is 4.67. The molecule has 1 heterocycles. The first-order chi connectivity index (χ1) is 10.3. The molecule has 0 bridgehead atoms. The van der Waals surface area contributed by atoms with Gasteiger partial charge in [0.2, 0.25) is 0 Å². The summed E-state index contributed by atoms with van der Waals surface area (Å²) in [5.41, 5.74) is 1.96. The fourth-order valence-electron chi connectivity index (χ4n) is 2.05. The molecule has 3 aromatic rings. The Morgan fingerprint density at radius 3 is 2.67 bits per heavy atom. The highest BCUT2D eigenvalue weighted by Crippen LogP contribution is 2.16. The lowest BCUT2D eigenvalue weighted by Crippen LogP contribution is -2.13. The normalized spacial score (nSPS) is 10.7. The Hall–Kier alpha value is -2.69. The summed E-state index contributed by atoms with van der Waals surface area (Å²) < 4.78 is 6.82. The average Bonchev–Trinajstić information content (AvgIpc) is 2.97. The van der Waals surface area contributed by atoms with Crippen LogP contribution in [0.25, 0.3) is 11.0 Å². The number of aromatic nitrogens is 3. The number of fused-ring (bicyclic) bond motifs is 1. The Balaban J connectivity index is 1.88. The molecule has 0 aliphatic carbocycles. The molecule has 0 atom stereocenters. The van der Waals surface area contributed by atoms with Gasteiger partial charge in [-0.05, 0) is 42.8 Å². The number of hydrogen-bond donors (Lipinski definition) is 0. The summed E-state index contributed by atoms with van der Waals surface area (Å²) in [4.78, 5) is 12.5. The molecule has 0 spiro atoms. The predicted octanol–water partition coefficient (Wildman–Crippen LogP) is 2.91. The van der Waals surface area contributed by atoms with Crippen LogP contribution in [0, 0.1) is 0 Å². The van der Waals surface area contributed by atoms with Gasteiger partial charge in [0.15, 0.2) is 0 Å². The van der Waals surface area contributed by atoms with E-state index >= 15 is 0 Å². The molecule has 0 aliphatic rings. The van der Waals surface area contributed by atoms with Crippen LogP contribution in [0.1, 0.15) is 23.7 Å². The van der Waals surface area contributed by atoms with Crippen molar-refractivity contribution in [3.05, 3.63) is 54.1 Å². The van der Waals surface area contributed by atoms with Gasteiger partial charge < -0.3 is 4.74 Å². The summed E-state index contributed by atoms with van der Waals surface area (Å²) in [6, 6.07) is 14.4. The molecule has 3 rings (SSSR count). The van der Waals surface area contributed by atoms with Gasteiger partial charge in [-0.3, -0.25) is 4.79 Å². The van der Waals surface area contributed by atoms with E-state index in [4.69, 9.17) is 4.74 Å². The lowest BCUT2D eigenvalue weighted by molar-refractivity contribution is 0.0948. The van der Waals surface area contributed by atoms with Crippen LogP contribution in [0.4, 0.5) is 0 Å². The third-order valence-corrected chi connectivity index (χ3v) is 3.12. The highest BCUT2D eigenvalue weighted by molar-refractivity contribution is 6.00. The first-order valence-corrected chi connectivity index (χ1v) is 6.87. The molecule has 21 heavy (non-hydrogen) atoms. The summed E-state index contributed by atoms with van der Waals surface area (Å²) in [5.74, 6) is 0.558. The fraction of sp³-hybridized carbons (Fsp3) is 0.188. The summed E-state index contributed by atoms with van der Waals surface area (Å²) in [6.07, 6.45) is 0.950. The third-order valence-electron chi connectivity index (χ3n) is 3.12. The molecule has 2 aromatic carbocycles. The van der Waals surface area contributed by atoms with Crippen LogP contribution >= 0.6 is 0 Å². The number of para-hydroxylation sites is 1. The van der Waals surface area contributed by atoms with E-state index in [1.165, 1.54) is 4.68 Å². The fourth-order valence-corrected chi connectivity index (χ4v) is 2.05. The van der Waals surface area contributed by atoms with Crippen LogP contribution < -0.4 is 4.74 Å². The van der Waals surface area contributed by atoms with Crippen molar-refractivity contribution < 1.29 is 9.53 Å². The van der Waals surface area contributed by atoms with E-state index in [-0.39, 0.29) is 5.91 Å². The summed E-state index contributed by atoms with van der Waals surface area (Å²) in [6.45, 7) is 2.72. The Kier molecular flexibility index (Phi) is 3.64. The van der Waals surface area contributed by atoms with E-state index < -0.39 is 0 Å². The molecular weight excluding hydrogens is 266 g/mol. The maximum atomic E-state index is 12.5. The summed E-state index contributed by atoms with van der Waals surface area (Å²) >= 11 is 0. The zero-order chi connectivity index (χ0) is 14.7. The zero-order valence-electron chi connectivity index (χ0n) is 11.7. The number of nitrogens with zero attached hydrogens (tertiary/aromatic N) is 3. The average molecular weight is 281 g/mol. The monoisotopic (exact) mass is 281 g/mol. The quantitative estimate of drug-likeness (QED) is 0.738. The van der Waals surface area contributed by atoms with Crippen molar-refractivity contribution in [2.75, 3.05) is 6.61 Å². The minimum atomic E-state index is -0.203. The van der Waals surface area contributed by atoms with E-state index in [0.717, 1.165) is 12.2 Å². The highest BCUT2D eigenvalue weighted by atomic mass is 16.5. The van der Waals surface area contributed by atoms with Gasteiger partial charge in [0, 0.05) is 5.56 Å². The van der Waals surface area contributed by atoms with Crippen molar-refractivity contribution in [1.82, 2.24) is 15.0 Å². The van der Waals surface area contributed by atoms with Crippen LogP contribution in [0.2, 0.25) is 0 Å². The number of benzene rings is 2. The molecule has 1 aromatic heterocycles. The number of hydrogen-bond acceptors (Lipinski definition) is 4. The van der Waals surface area contributed by atoms with E-state index in [9.17, 15) is 4.79 Å². The van der Waals surface area contributed by atoms with E-state index in [1.54, 1.807) is 24.3 Å². The second-order valence-corrected chi connectivity index (χ2v) is 4.67. The highest BCUT2D eigenvalue weighted by Gasteiger charge is 2.13. The molecule has 0 saturated carbocycles. The molecule has 0 N–H and O–H groups in total. The molecule has 0 fully saturated rings. The topological polar surface area (TPSA) is 57.0 Å². The first kappa shape index (κ1) is 13.3. The maximum absolute atomic E-state index is 12.5. The standard InChI is InChI=1S/C16H15N3O2/c1-2-11-21-13-9-7-12(8-10-13)16(20)19-15-6-4-3-5-14(15)17-18-19/h3-10H,2,11H2,1H3. The maximum Gasteiger partial charge on any atom is 0.280 e. The van der Waals surface area contributed by atoms with Crippen molar-refractivity contribution >= 4 is 16.9 Å². The Morgan fingerprint density at radius 2 is 1.90 bits per heavy atom. The lowest BCUT2D eigenvalue weighted by Gasteiger charge is -2.05. The van der Waals surface area contributed by atoms with Crippen LogP contribution in [0.3, 0.4) is 0 Å². The molecule has 5 heteroatoms. The van der Waals surface area contributed by atoms with Gasteiger partial charge in [-0.1, -0.05) is 24.3 Å². The molecule has 0 unspecified atom stereocenters. The third kappa shape index (κ3) is 2.63. The molecule has 5 nitrogen and oxygen atoms in total. The van der Waals surface area contributed by atoms with Gasteiger partial charge in [0.25, 0.3) is 5.91 Å². The molecule has 0 aliphatic heterocycles. The van der Waals surface area contributed by atoms with Crippen LogP contribution in [-0.4, -0.2) is 27.5 Å². The smallest absolute Gasteiger partial charge is 0.280 e. The van der Waals surface area contributed by atoms with Crippen molar-refractivity contribution in [1.29, 1.82) is 0 Å². The number of carbonyl (C=O) groups is 1. The number of carbonyl (C=O) groups excluding carboxylic acids is 1. The summed E-state index contributed by atoms with van der Waals surface area (Å²) in [7, 11) is 0. The van der Waals surface area contributed by atoms with Gasteiger partial charge in [0.05, 0.1) is 12.1 Å². The predicted molar refractivity (Wildman–Crippen MR) is 79.5 cm³/mol. The number of rotatable bonds is 4. The Morgan fingerprint density at radius 1 is 1.14 bits per heavy atom. The minimum absolute atomic E-state index is 0.203. The van der Waals surface area contributed by atoms with Gasteiger partial charge in [-0.25, -0.2) is 0 Å². The van der Waals surface area contributed by atoms with Crippen molar-refractivity contribution in [2.45, 2.75) is 13.3 Å². The summed E-state index contributed by atoms with van der Waals surface area (Å²) in [5, 5.41) is 7.92. The molecular formula is C16H15N3O2. The minimum Gasteiger partial charge on any atom is -0.494 e. The largest absolute Gasteiger partial charge is 0.494 e. The number of ether oxygens (including phenoxy) is 1. The molecule has 106 valence electrons. The van der Waals surface area contributed by atoms with E-state index in [1.807, 2.05) is 31.2 Å². The van der Waals surface area contributed by atoms with Gasteiger partial charge in [-0.2, -0.15) is 4.68 Å². The Bertz CT molecular complexity index is 763. The van der Waals surface area contributed by atoms with Gasteiger partial charge >= 0.3 is 0 Å². The molecule has 0 radical (unpaired) electrons. The van der Waals surface area contributed by atoms with Crippen molar-refractivity contribution in [3.63, 3.8) is 0 Å². The van der Waals surface area contributed by atoms with Gasteiger partial charge in [-0.15, -0.1) is 5.10 Å². The van der Waals surface area contributed by atoms with Gasteiger partial charge in [0.1, 0.15) is 11.3 Å². The van der Waals surface area contributed by atoms with Crippen molar-refractivity contribution in [2.24, 2.45) is 0 Å². The lowest BCUT2D eigenvalue weighted by atomic mass is 10.2. The zero-order valence-corrected chi connectivity index (χ0v) is 11.7. The molecule has 0 saturated heterocycles. The van der Waals surface area contributed by atoms with E-state index in [2.05, 4.69) is 10.3 Å². The Labute approximate surface area is 122 Å². The van der Waals surface area contributed by atoms with Crippen LogP contribution in [0.5, 0.6) is 5.75 Å². The molecule has 0 amide bonds. The van der Waals surface area contributed by atoms with E-state index in [0.29, 0.717) is 23.2 Å². The second kappa shape index (κ2) is 5.75. The van der Waals surface area contributed by atoms with Crippen LogP contribution in [0.15, 0.2) is 48.5 Å². The first-order valence-electron chi connectivity index (χ1n) is 6.87. The van der Waals surface area contributed by atoms with Crippen molar-refractivity contribution in [3.8, 4) is 5.75 Å². The van der Waals surface area contributed by atoms with Crippen LogP contribution in [-0.2, 0) is 0 Å². The SMILES string of the molecule is CCCOc1ccc(C(=O)n2nnc3ccccc32)cc1.